The molecule has 0 spiro atoms. The lowest BCUT2D eigenvalue weighted by atomic mass is 10.1. The Morgan fingerprint density at radius 2 is 2.32 bits per heavy atom. The largest absolute Gasteiger partial charge is 0.467 e. The summed E-state index contributed by atoms with van der Waals surface area (Å²) in [4.78, 5) is 2.30. The molecule has 1 unspecified atom stereocenters. The first kappa shape index (κ1) is 12.7. The number of ether oxygens (including phenoxy) is 2. The first-order valence-electron chi connectivity index (χ1n) is 6.74. The van der Waals surface area contributed by atoms with Gasteiger partial charge in [0.1, 0.15) is 5.75 Å². The van der Waals surface area contributed by atoms with Crippen molar-refractivity contribution in [2.45, 2.75) is 32.0 Å². The van der Waals surface area contributed by atoms with Gasteiger partial charge in [0, 0.05) is 29.4 Å². The molecule has 0 saturated carbocycles. The van der Waals surface area contributed by atoms with Gasteiger partial charge in [0.15, 0.2) is 6.79 Å². The van der Waals surface area contributed by atoms with E-state index >= 15 is 0 Å². The maximum atomic E-state index is 9.39. The summed E-state index contributed by atoms with van der Waals surface area (Å²) in [5.41, 5.74) is 8.79. The summed E-state index contributed by atoms with van der Waals surface area (Å²) in [7, 11) is 0. The second-order valence-electron chi connectivity index (χ2n) is 5.23. The maximum absolute atomic E-state index is 9.39. The number of fused-ring (bicyclic) bond motifs is 1. The van der Waals surface area contributed by atoms with Gasteiger partial charge in [-0.15, -0.1) is 0 Å². The fourth-order valence-corrected chi connectivity index (χ4v) is 2.97. The van der Waals surface area contributed by atoms with E-state index in [0.717, 1.165) is 48.5 Å². The highest BCUT2D eigenvalue weighted by molar-refractivity contribution is 5.53. The van der Waals surface area contributed by atoms with Crippen LogP contribution >= 0.6 is 0 Å². The Morgan fingerprint density at radius 3 is 3.16 bits per heavy atom. The second-order valence-corrected chi connectivity index (χ2v) is 5.23. The Bertz CT molecular complexity index is 464. The van der Waals surface area contributed by atoms with Gasteiger partial charge in [0.25, 0.3) is 0 Å². The van der Waals surface area contributed by atoms with Crippen molar-refractivity contribution < 1.29 is 14.6 Å². The molecular weight excluding hydrogens is 244 g/mol. The molecule has 0 radical (unpaired) electrons. The van der Waals surface area contributed by atoms with Crippen LogP contribution in [0, 0.1) is 0 Å². The van der Waals surface area contributed by atoms with Crippen LogP contribution in [-0.4, -0.2) is 36.0 Å². The van der Waals surface area contributed by atoms with Gasteiger partial charge in [0.05, 0.1) is 13.2 Å². The van der Waals surface area contributed by atoms with Crippen molar-refractivity contribution in [2.24, 2.45) is 0 Å². The number of anilines is 1. The van der Waals surface area contributed by atoms with Gasteiger partial charge in [-0.3, -0.25) is 4.90 Å². The van der Waals surface area contributed by atoms with Crippen LogP contribution in [0.2, 0.25) is 0 Å². The van der Waals surface area contributed by atoms with Crippen LogP contribution in [-0.2, 0) is 17.9 Å². The highest BCUT2D eigenvalue weighted by atomic mass is 16.7. The second kappa shape index (κ2) is 5.36. The molecular formula is C14H20N2O3. The Hall–Kier alpha value is -1.30. The molecule has 5 nitrogen and oxygen atoms in total. The van der Waals surface area contributed by atoms with E-state index in [4.69, 9.17) is 15.2 Å². The number of aliphatic hydroxyl groups is 1. The molecule has 3 rings (SSSR count). The number of likely N-dealkylation sites (tertiary alicyclic amines) is 1. The summed E-state index contributed by atoms with van der Waals surface area (Å²) in [6.07, 6.45) is 2.20. The molecule has 0 aromatic heterocycles. The molecule has 5 heteroatoms. The van der Waals surface area contributed by atoms with Crippen molar-refractivity contribution in [1.82, 2.24) is 4.90 Å². The zero-order valence-electron chi connectivity index (χ0n) is 11.0. The zero-order chi connectivity index (χ0) is 13.2. The number of nitrogens with two attached hydrogens (primary N) is 1. The molecule has 0 amide bonds. The molecule has 1 aromatic rings. The molecule has 3 N–H and O–H groups in total. The Kier molecular flexibility index (Phi) is 3.59. The molecule has 1 atom stereocenters. The van der Waals surface area contributed by atoms with E-state index in [1.165, 1.54) is 0 Å². The van der Waals surface area contributed by atoms with E-state index < -0.39 is 0 Å². The van der Waals surface area contributed by atoms with Crippen LogP contribution in [0.25, 0.3) is 0 Å². The first-order chi connectivity index (χ1) is 9.28. The number of benzene rings is 1. The van der Waals surface area contributed by atoms with Gasteiger partial charge in [-0.2, -0.15) is 0 Å². The Labute approximate surface area is 112 Å². The average molecular weight is 264 g/mol. The van der Waals surface area contributed by atoms with Gasteiger partial charge >= 0.3 is 0 Å². The first-order valence-corrected chi connectivity index (χ1v) is 6.74. The minimum Gasteiger partial charge on any atom is -0.467 e. The predicted octanol–water partition coefficient (Wildman–Crippen LogP) is 1.09. The smallest absolute Gasteiger partial charge is 0.189 e. The lowest BCUT2D eigenvalue weighted by molar-refractivity contribution is -0.0175. The normalized spacial score (nSPS) is 23.1. The molecule has 0 aliphatic carbocycles. The molecule has 2 heterocycles. The average Bonchev–Trinajstić information content (AvgIpc) is 2.86. The van der Waals surface area contributed by atoms with Gasteiger partial charge in [-0.05, 0) is 31.5 Å². The molecule has 2 aliphatic heterocycles. The molecule has 104 valence electrons. The van der Waals surface area contributed by atoms with Crippen LogP contribution in [0.5, 0.6) is 5.75 Å². The minimum absolute atomic E-state index is 0.217. The van der Waals surface area contributed by atoms with Crippen molar-refractivity contribution in [2.75, 3.05) is 25.7 Å². The lowest BCUT2D eigenvalue weighted by Gasteiger charge is -2.26. The predicted molar refractivity (Wildman–Crippen MR) is 71.7 cm³/mol. The summed E-state index contributed by atoms with van der Waals surface area (Å²) < 4.78 is 10.9. The van der Waals surface area contributed by atoms with E-state index in [1.807, 2.05) is 12.1 Å². The van der Waals surface area contributed by atoms with E-state index in [0.29, 0.717) is 13.4 Å². The van der Waals surface area contributed by atoms with E-state index in [-0.39, 0.29) is 12.6 Å². The number of aliphatic hydroxyl groups excluding tert-OH is 1. The van der Waals surface area contributed by atoms with Crippen molar-refractivity contribution in [3.63, 3.8) is 0 Å². The highest BCUT2D eigenvalue weighted by Gasteiger charge is 2.26. The molecule has 1 fully saturated rings. The van der Waals surface area contributed by atoms with Crippen LogP contribution < -0.4 is 10.5 Å². The summed E-state index contributed by atoms with van der Waals surface area (Å²) in [6.45, 7) is 2.86. The van der Waals surface area contributed by atoms with Crippen LogP contribution in [0.15, 0.2) is 12.1 Å². The van der Waals surface area contributed by atoms with Crippen LogP contribution in [0.1, 0.15) is 24.0 Å². The summed E-state index contributed by atoms with van der Waals surface area (Å²) in [5.74, 6) is 0.907. The fraction of sp³-hybridized carbons (Fsp3) is 0.571. The number of nitrogen functional groups attached to an aromatic ring is 1. The number of hydrogen-bond acceptors (Lipinski definition) is 5. The van der Waals surface area contributed by atoms with Gasteiger partial charge in [-0.1, -0.05) is 0 Å². The monoisotopic (exact) mass is 264 g/mol. The maximum Gasteiger partial charge on any atom is 0.189 e. The third-order valence-corrected chi connectivity index (χ3v) is 3.89. The Balaban J connectivity index is 1.85. The minimum atomic E-state index is 0.217. The highest BCUT2D eigenvalue weighted by Crippen LogP contribution is 2.33. The van der Waals surface area contributed by atoms with Crippen molar-refractivity contribution in [1.29, 1.82) is 0 Å². The van der Waals surface area contributed by atoms with Crippen LogP contribution in [0.3, 0.4) is 0 Å². The molecule has 0 bridgehead atoms. The zero-order valence-corrected chi connectivity index (χ0v) is 11.0. The van der Waals surface area contributed by atoms with Gasteiger partial charge in [-0.25, -0.2) is 0 Å². The topological polar surface area (TPSA) is 68.0 Å². The quantitative estimate of drug-likeness (QED) is 0.800. The van der Waals surface area contributed by atoms with Gasteiger partial charge in [0.2, 0.25) is 0 Å². The summed E-state index contributed by atoms with van der Waals surface area (Å²) in [6, 6.07) is 4.14. The van der Waals surface area contributed by atoms with E-state index in [1.54, 1.807) is 0 Å². The molecule has 1 saturated heterocycles. The van der Waals surface area contributed by atoms with Crippen molar-refractivity contribution in [3.8, 4) is 5.75 Å². The summed E-state index contributed by atoms with van der Waals surface area (Å²) in [5, 5.41) is 9.39. The number of hydrogen-bond donors (Lipinski definition) is 2. The third kappa shape index (κ3) is 2.54. The fourth-order valence-electron chi connectivity index (χ4n) is 2.97. The standard InChI is InChI=1S/C14H20N2O3/c15-12-4-10(6-16-3-1-2-13(16)7-17)14-11(5-12)8-18-9-19-14/h4-5,13,17H,1-3,6-9,15H2. The van der Waals surface area contributed by atoms with E-state index in [2.05, 4.69) is 4.90 Å². The number of rotatable bonds is 3. The third-order valence-electron chi connectivity index (χ3n) is 3.89. The SMILES string of the molecule is Nc1cc2c(c(CN3CCCC3CO)c1)OCOC2. The van der Waals surface area contributed by atoms with Crippen molar-refractivity contribution in [3.05, 3.63) is 23.3 Å². The summed E-state index contributed by atoms with van der Waals surface area (Å²) >= 11 is 0. The lowest BCUT2D eigenvalue weighted by Crippen LogP contribution is -2.32. The Morgan fingerprint density at radius 1 is 1.42 bits per heavy atom. The van der Waals surface area contributed by atoms with Gasteiger partial charge < -0.3 is 20.3 Å². The molecule has 19 heavy (non-hydrogen) atoms. The number of nitrogens with zero attached hydrogens (tertiary/aromatic N) is 1. The van der Waals surface area contributed by atoms with Crippen LogP contribution in [0.4, 0.5) is 5.69 Å². The molecule has 2 aliphatic rings. The van der Waals surface area contributed by atoms with E-state index in [9.17, 15) is 5.11 Å². The molecule has 1 aromatic carbocycles. The van der Waals surface area contributed by atoms with Crippen molar-refractivity contribution >= 4 is 5.69 Å².